The molecule has 0 saturated heterocycles. The quantitative estimate of drug-likeness (QED) is 0.366. The first-order chi connectivity index (χ1) is 10.5. The van der Waals surface area contributed by atoms with Crippen LogP contribution in [0.1, 0.15) is 59.8 Å². The molecule has 1 saturated carbocycles. The van der Waals surface area contributed by atoms with E-state index in [-0.39, 0.29) is 17.5 Å². The molecule has 0 amide bonds. The lowest BCUT2D eigenvalue weighted by atomic mass is 9.75. The van der Waals surface area contributed by atoms with Crippen molar-refractivity contribution in [3.63, 3.8) is 0 Å². The molecule has 0 aromatic rings. The molecule has 0 bridgehead atoms. The van der Waals surface area contributed by atoms with Crippen LogP contribution in [0.3, 0.4) is 0 Å². The molecule has 1 unspecified atom stereocenters. The predicted octanol–water partition coefficient (Wildman–Crippen LogP) is 3.88. The van der Waals surface area contributed by atoms with Crippen LogP contribution in [0.25, 0.3) is 0 Å². The molecular formula is C17H29NO3S. The summed E-state index contributed by atoms with van der Waals surface area (Å²) >= 11 is 1.89. The average Bonchev–Trinajstić information content (AvgIpc) is 2.44. The fourth-order valence-corrected chi connectivity index (χ4v) is 4.04. The van der Waals surface area contributed by atoms with E-state index in [1.54, 1.807) is 0 Å². The molecule has 1 rings (SSSR count). The number of carbonyl (C=O) groups is 2. The van der Waals surface area contributed by atoms with E-state index < -0.39 is 5.92 Å². The van der Waals surface area contributed by atoms with Gasteiger partial charge in [0.25, 0.3) is 0 Å². The first-order valence-electron chi connectivity index (χ1n) is 8.39. The molecule has 0 N–H and O–H groups in total. The van der Waals surface area contributed by atoms with Crippen LogP contribution in [0.4, 0.5) is 0 Å². The topological polar surface area (TPSA) is 55.7 Å². The number of carbonyl (C=O) groups excluding carboxylic acids is 2. The van der Waals surface area contributed by atoms with Gasteiger partial charge in [-0.2, -0.15) is 11.8 Å². The Bertz CT molecular complexity index is 391. The van der Waals surface area contributed by atoms with Gasteiger partial charge in [0.15, 0.2) is 0 Å². The van der Waals surface area contributed by atoms with Gasteiger partial charge in [0.1, 0.15) is 24.1 Å². The van der Waals surface area contributed by atoms with Gasteiger partial charge in [0, 0.05) is 18.1 Å². The Morgan fingerprint density at radius 3 is 2.41 bits per heavy atom. The van der Waals surface area contributed by atoms with E-state index in [1.807, 2.05) is 25.6 Å². The average molecular weight is 327 g/mol. The lowest BCUT2D eigenvalue weighted by molar-refractivity contribution is -0.134. The second-order valence-corrected chi connectivity index (χ2v) is 7.61. The van der Waals surface area contributed by atoms with Crippen LogP contribution in [0.5, 0.6) is 0 Å². The number of oxime groups is 1. The van der Waals surface area contributed by atoms with E-state index in [1.165, 1.54) is 0 Å². The Hall–Kier alpha value is -0.840. The molecule has 1 aliphatic rings. The monoisotopic (exact) mass is 327 g/mol. The third-order valence-corrected chi connectivity index (χ3v) is 4.99. The highest BCUT2D eigenvalue weighted by molar-refractivity contribution is 7.99. The molecule has 1 fully saturated rings. The Morgan fingerprint density at radius 1 is 1.27 bits per heavy atom. The third kappa shape index (κ3) is 5.75. The highest BCUT2D eigenvalue weighted by Gasteiger charge is 2.38. The van der Waals surface area contributed by atoms with Gasteiger partial charge < -0.3 is 4.84 Å². The molecule has 0 aromatic carbocycles. The normalized spacial score (nSPS) is 24.5. The first kappa shape index (κ1) is 19.2. The number of ketones is 2. The summed E-state index contributed by atoms with van der Waals surface area (Å²) in [6.45, 7) is 8.63. The van der Waals surface area contributed by atoms with Crippen LogP contribution in [0.15, 0.2) is 5.16 Å². The van der Waals surface area contributed by atoms with Crippen molar-refractivity contribution in [1.29, 1.82) is 0 Å². The Morgan fingerprint density at radius 2 is 1.91 bits per heavy atom. The van der Waals surface area contributed by atoms with Crippen LogP contribution in [-0.4, -0.2) is 34.9 Å². The van der Waals surface area contributed by atoms with Gasteiger partial charge in [-0.15, -0.1) is 0 Å². The Balaban J connectivity index is 2.73. The van der Waals surface area contributed by atoms with Gasteiger partial charge in [-0.05, 0) is 31.4 Å². The molecule has 5 heteroatoms. The van der Waals surface area contributed by atoms with Gasteiger partial charge in [-0.25, -0.2) is 0 Å². The summed E-state index contributed by atoms with van der Waals surface area (Å²) in [6, 6.07) is 0. The standard InChI is InChI=1S/C17H29NO3S/c1-5-8-14(18-21-6-2)17-15(19)10-13(11-16(17)20)9-12(4)22-7-3/h12-13,17H,5-11H2,1-4H3/b18-14+. The lowest BCUT2D eigenvalue weighted by Gasteiger charge is -2.28. The third-order valence-electron chi connectivity index (χ3n) is 3.89. The Labute approximate surface area is 138 Å². The number of hydrogen-bond acceptors (Lipinski definition) is 5. The zero-order chi connectivity index (χ0) is 16.5. The van der Waals surface area contributed by atoms with Gasteiger partial charge in [0.05, 0.1) is 5.71 Å². The van der Waals surface area contributed by atoms with Crippen LogP contribution < -0.4 is 0 Å². The van der Waals surface area contributed by atoms with Crippen molar-refractivity contribution in [2.75, 3.05) is 12.4 Å². The minimum Gasteiger partial charge on any atom is -0.396 e. The SMILES string of the molecule is CCC/C(=N\OCC)C1C(=O)CC(CC(C)SCC)CC1=O. The fourth-order valence-electron chi connectivity index (χ4n) is 3.06. The maximum Gasteiger partial charge on any atom is 0.149 e. The Kier molecular flexibility index (Phi) is 8.76. The van der Waals surface area contributed by atoms with Crippen LogP contribution in [0.2, 0.25) is 0 Å². The predicted molar refractivity (Wildman–Crippen MR) is 92.4 cm³/mol. The van der Waals surface area contributed by atoms with Crippen molar-refractivity contribution in [1.82, 2.24) is 0 Å². The van der Waals surface area contributed by atoms with Crippen LogP contribution in [0, 0.1) is 11.8 Å². The van der Waals surface area contributed by atoms with Crippen molar-refractivity contribution in [3.8, 4) is 0 Å². The highest BCUT2D eigenvalue weighted by atomic mass is 32.2. The maximum absolute atomic E-state index is 12.5. The van der Waals surface area contributed by atoms with E-state index in [0.717, 1.165) is 18.6 Å². The summed E-state index contributed by atoms with van der Waals surface area (Å²) in [4.78, 5) is 30.0. The maximum atomic E-state index is 12.5. The molecule has 126 valence electrons. The van der Waals surface area contributed by atoms with Gasteiger partial charge >= 0.3 is 0 Å². The minimum absolute atomic E-state index is 0.0295. The second kappa shape index (κ2) is 10.0. The van der Waals surface area contributed by atoms with E-state index in [2.05, 4.69) is 19.0 Å². The van der Waals surface area contributed by atoms with Crippen molar-refractivity contribution >= 4 is 29.0 Å². The number of rotatable bonds is 9. The van der Waals surface area contributed by atoms with Crippen LogP contribution >= 0.6 is 11.8 Å². The molecule has 0 spiro atoms. The molecule has 4 nitrogen and oxygen atoms in total. The molecule has 22 heavy (non-hydrogen) atoms. The molecule has 1 aliphatic carbocycles. The first-order valence-corrected chi connectivity index (χ1v) is 9.43. The largest absolute Gasteiger partial charge is 0.396 e. The summed E-state index contributed by atoms with van der Waals surface area (Å²) in [5, 5.41) is 4.54. The van der Waals surface area contributed by atoms with E-state index in [0.29, 0.717) is 36.8 Å². The van der Waals surface area contributed by atoms with Crippen molar-refractivity contribution in [2.45, 2.75) is 65.0 Å². The summed E-state index contributed by atoms with van der Waals surface area (Å²) in [7, 11) is 0. The molecule has 0 aromatic heterocycles. The second-order valence-electron chi connectivity index (χ2n) is 5.89. The molecular weight excluding hydrogens is 298 g/mol. The van der Waals surface area contributed by atoms with E-state index >= 15 is 0 Å². The highest BCUT2D eigenvalue weighted by Crippen LogP contribution is 2.31. The van der Waals surface area contributed by atoms with Gasteiger partial charge in [-0.1, -0.05) is 32.3 Å². The van der Waals surface area contributed by atoms with Gasteiger partial charge in [0.2, 0.25) is 0 Å². The minimum atomic E-state index is -0.656. The summed E-state index contributed by atoms with van der Waals surface area (Å²) in [6.07, 6.45) is 3.44. The fraction of sp³-hybridized carbons (Fsp3) is 0.824. The number of Topliss-reactive ketones (excluding diaryl/α,β-unsaturated/α-hetero) is 2. The molecule has 1 atom stereocenters. The summed E-state index contributed by atoms with van der Waals surface area (Å²) < 4.78 is 0. The van der Waals surface area contributed by atoms with Crippen LogP contribution in [-0.2, 0) is 14.4 Å². The van der Waals surface area contributed by atoms with Gasteiger partial charge in [-0.3, -0.25) is 9.59 Å². The van der Waals surface area contributed by atoms with Crippen molar-refractivity contribution < 1.29 is 14.4 Å². The number of thioether (sulfide) groups is 1. The van der Waals surface area contributed by atoms with E-state index in [9.17, 15) is 9.59 Å². The summed E-state index contributed by atoms with van der Waals surface area (Å²) in [5.41, 5.74) is 0.619. The van der Waals surface area contributed by atoms with Crippen molar-refractivity contribution in [3.05, 3.63) is 0 Å². The van der Waals surface area contributed by atoms with Crippen molar-refractivity contribution in [2.24, 2.45) is 17.0 Å². The summed E-state index contributed by atoms with van der Waals surface area (Å²) in [5.74, 6) is 0.668. The lowest BCUT2D eigenvalue weighted by Crippen LogP contribution is -2.39. The smallest absolute Gasteiger partial charge is 0.149 e. The molecule has 0 radical (unpaired) electrons. The number of hydrogen-bond donors (Lipinski definition) is 0. The molecule has 0 aliphatic heterocycles. The van der Waals surface area contributed by atoms with E-state index in [4.69, 9.17) is 4.84 Å². The zero-order valence-electron chi connectivity index (χ0n) is 14.3. The number of nitrogens with zero attached hydrogens (tertiary/aromatic N) is 1. The molecule has 0 heterocycles. The zero-order valence-corrected chi connectivity index (χ0v) is 15.1.